The maximum atomic E-state index is 13.3. The lowest BCUT2D eigenvalue weighted by Gasteiger charge is -2.23. The molecule has 0 atom stereocenters. The molecule has 6 nitrogen and oxygen atoms in total. The van der Waals surface area contributed by atoms with Crippen LogP contribution < -0.4 is 4.74 Å². The van der Waals surface area contributed by atoms with Crippen LogP contribution in [-0.2, 0) is 24.4 Å². The van der Waals surface area contributed by atoms with Gasteiger partial charge in [0.25, 0.3) is 5.69 Å². The lowest BCUT2D eigenvalue weighted by molar-refractivity contribution is -0.385. The minimum absolute atomic E-state index is 0.0111. The topological polar surface area (TPSA) is 64.8 Å². The SMILES string of the molecule is CN(Cc1cccc(F)c1)Cc1cc([N+](=O)[O-])cc2c1OCOC2. The number of ether oxygens (including phenoxy) is 2. The molecular weight excluding hydrogens is 315 g/mol. The van der Waals surface area contributed by atoms with Crippen LogP contribution in [0.3, 0.4) is 0 Å². The van der Waals surface area contributed by atoms with Gasteiger partial charge in [-0.3, -0.25) is 15.0 Å². The maximum Gasteiger partial charge on any atom is 0.270 e. The molecule has 24 heavy (non-hydrogen) atoms. The van der Waals surface area contributed by atoms with E-state index in [0.717, 1.165) is 11.1 Å². The Balaban J connectivity index is 1.83. The largest absolute Gasteiger partial charge is 0.467 e. The predicted molar refractivity (Wildman–Crippen MR) is 85.0 cm³/mol. The first-order valence-electron chi connectivity index (χ1n) is 7.46. The van der Waals surface area contributed by atoms with Crippen molar-refractivity contribution in [2.24, 2.45) is 0 Å². The Kier molecular flexibility index (Phi) is 4.73. The molecule has 1 aliphatic heterocycles. The van der Waals surface area contributed by atoms with Crippen molar-refractivity contribution in [1.82, 2.24) is 4.90 Å². The number of hydrogen-bond acceptors (Lipinski definition) is 5. The second-order valence-corrected chi connectivity index (χ2v) is 5.76. The molecule has 0 saturated heterocycles. The molecule has 0 unspecified atom stereocenters. The van der Waals surface area contributed by atoms with E-state index in [1.807, 2.05) is 18.0 Å². The number of rotatable bonds is 5. The Morgan fingerprint density at radius 1 is 1.29 bits per heavy atom. The summed E-state index contributed by atoms with van der Waals surface area (Å²) in [6, 6.07) is 9.37. The van der Waals surface area contributed by atoms with Gasteiger partial charge in [0.2, 0.25) is 0 Å². The molecule has 2 aromatic carbocycles. The summed E-state index contributed by atoms with van der Waals surface area (Å²) in [5.74, 6) is 0.354. The van der Waals surface area contributed by atoms with Crippen molar-refractivity contribution in [1.29, 1.82) is 0 Å². The van der Waals surface area contributed by atoms with E-state index in [4.69, 9.17) is 9.47 Å². The first-order valence-corrected chi connectivity index (χ1v) is 7.46. The highest BCUT2D eigenvalue weighted by molar-refractivity contribution is 5.50. The van der Waals surface area contributed by atoms with E-state index in [1.165, 1.54) is 24.3 Å². The molecule has 0 bridgehead atoms. The second-order valence-electron chi connectivity index (χ2n) is 5.76. The molecule has 126 valence electrons. The molecule has 0 fully saturated rings. The summed E-state index contributed by atoms with van der Waals surface area (Å²) in [5.41, 5.74) is 2.24. The van der Waals surface area contributed by atoms with Gasteiger partial charge in [-0.25, -0.2) is 4.39 Å². The Morgan fingerprint density at radius 2 is 2.12 bits per heavy atom. The van der Waals surface area contributed by atoms with Crippen LogP contribution in [0.15, 0.2) is 36.4 Å². The van der Waals surface area contributed by atoms with Crippen molar-refractivity contribution in [3.63, 3.8) is 0 Å². The van der Waals surface area contributed by atoms with Gasteiger partial charge in [-0.15, -0.1) is 0 Å². The van der Waals surface area contributed by atoms with E-state index in [2.05, 4.69) is 0 Å². The minimum atomic E-state index is -0.426. The molecule has 1 heterocycles. The van der Waals surface area contributed by atoms with Gasteiger partial charge in [0.05, 0.1) is 11.5 Å². The molecule has 0 aromatic heterocycles. The number of non-ortho nitro benzene ring substituents is 1. The van der Waals surface area contributed by atoms with Crippen molar-refractivity contribution < 1.29 is 18.8 Å². The highest BCUT2D eigenvalue weighted by Gasteiger charge is 2.21. The Morgan fingerprint density at radius 3 is 2.88 bits per heavy atom. The predicted octanol–water partition coefficient (Wildman–Crippen LogP) is 3.23. The van der Waals surface area contributed by atoms with Gasteiger partial charge in [0.15, 0.2) is 6.79 Å². The zero-order chi connectivity index (χ0) is 17.1. The number of benzene rings is 2. The van der Waals surface area contributed by atoms with Gasteiger partial charge in [-0.1, -0.05) is 12.1 Å². The van der Waals surface area contributed by atoms with Crippen LogP contribution in [0, 0.1) is 15.9 Å². The van der Waals surface area contributed by atoms with Gasteiger partial charge in [-0.2, -0.15) is 0 Å². The molecule has 2 aromatic rings. The fourth-order valence-electron chi connectivity index (χ4n) is 2.80. The monoisotopic (exact) mass is 332 g/mol. The summed E-state index contributed by atoms with van der Waals surface area (Å²) in [7, 11) is 1.87. The van der Waals surface area contributed by atoms with Crippen LogP contribution >= 0.6 is 0 Å². The maximum absolute atomic E-state index is 13.3. The Labute approximate surface area is 138 Å². The number of fused-ring (bicyclic) bond motifs is 1. The molecule has 0 amide bonds. The number of halogens is 1. The summed E-state index contributed by atoms with van der Waals surface area (Å²) >= 11 is 0. The molecule has 7 heteroatoms. The van der Waals surface area contributed by atoms with Crippen molar-refractivity contribution in [3.05, 3.63) is 69.0 Å². The minimum Gasteiger partial charge on any atom is -0.467 e. The summed E-state index contributed by atoms with van der Waals surface area (Å²) in [5, 5.41) is 11.1. The number of nitrogens with zero attached hydrogens (tertiary/aromatic N) is 2. The number of nitro benzene ring substituents is 1. The Bertz CT molecular complexity index is 766. The fourth-order valence-corrected chi connectivity index (χ4v) is 2.80. The van der Waals surface area contributed by atoms with Crippen LogP contribution in [0.5, 0.6) is 5.75 Å². The summed E-state index contributed by atoms with van der Waals surface area (Å²) in [6.45, 7) is 1.38. The fraction of sp³-hybridized carbons (Fsp3) is 0.294. The van der Waals surface area contributed by atoms with E-state index in [9.17, 15) is 14.5 Å². The second kappa shape index (κ2) is 6.94. The van der Waals surface area contributed by atoms with Gasteiger partial charge in [-0.05, 0) is 24.7 Å². The molecular formula is C17H17FN2O4. The molecule has 0 radical (unpaired) electrons. The highest BCUT2D eigenvalue weighted by atomic mass is 19.1. The zero-order valence-corrected chi connectivity index (χ0v) is 13.2. The van der Waals surface area contributed by atoms with Crippen LogP contribution in [0.2, 0.25) is 0 Å². The van der Waals surface area contributed by atoms with E-state index >= 15 is 0 Å². The summed E-state index contributed by atoms with van der Waals surface area (Å²) < 4.78 is 24.0. The first-order chi connectivity index (χ1) is 11.5. The molecule has 0 saturated carbocycles. The van der Waals surface area contributed by atoms with Gasteiger partial charge in [0, 0.05) is 36.3 Å². The molecule has 0 spiro atoms. The van der Waals surface area contributed by atoms with Gasteiger partial charge >= 0.3 is 0 Å². The quantitative estimate of drug-likeness (QED) is 0.621. The number of nitro groups is 1. The normalized spacial score (nSPS) is 13.5. The molecule has 1 aliphatic rings. The highest BCUT2D eigenvalue weighted by Crippen LogP contribution is 2.33. The van der Waals surface area contributed by atoms with Crippen LogP contribution in [0.1, 0.15) is 16.7 Å². The molecule has 0 N–H and O–H groups in total. The average molecular weight is 332 g/mol. The summed E-state index contributed by atoms with van der Waals surface area (Å²) in [4.78, 5) is 12.6. The van der Waals surface area contributed by atoms with E-state index < -0.39 is 4.92 Å². The van der Waals surface area contributed by atoms with Gasteiger partial charge < -0.3 is 9.47 Å². The third-order valence-electron chi connectivity index (χ3n) is 3.76. The summed E-state index contributed by atoms with van der Waals surface area (Å²) in [6.07, 6.45) is 0. The zero-order valence-electron chi connectivity index (χ0n) is 13.2. The lowest BCUT2D eigenvalue weighted by Crippen LogP contribution is -2.20. The first kappa shape index (κ1) is 16.4. The van der Waals surface area contributed by atoms with Crippen molar-refractivity contribution >= 4 is 5.69 Å². The van der Waals surface area contributed by atoms with Crippen molar-refractivity contribution in [2.75, 3.05) is 13.8 Å². The van der Waals surface area contributed by atoms with Crippen LogP contribution in [0.25, 0.3) is 0 Å². The number of hydrogen-bond donors (Lipinski definition) is 0. The lowest BCUT2D eigenvalue weighted by atomic mass is 10.1. The third kappa shape index (κ3) is 3.69. The standard InChI is InChI=1S/C17H17FN2O4/c1-19(8-12-3-2-4-15(18)5-12)9-13-6-16(20(21)22)7-14-10-23-11-24-17(13)14/h2-7H,8-11H2,1H3. The van der Waals surface area contributed by atoms with E-state index in [0.29, 0.717) is 24.4 Å². The van der Waals surface area contributed by atoms with Crippen molar-refractivity contribution in [2.45, 2.75) is 19.7 Å². The van der Waals surface area contributed by atoms with E-state index in [1.54, 1.807) is 6.07 Å². The smallest absolute Gasteiger partial charge is 0.270 e. The third-order valence-corrected chi connectivity index (χ3v) is 3.76. The van der Waals surface area contributed by atoms with Crippen LogP contribution in [0.4, 0.5) is 10.1 Å². The Hall–Kier alpha value is -2.51. The molecule has 0 aliphatic carbocycles. The molecule has 3 rings (SSSR count). The van der Waals surface area contributed by atoms with Crippen molar-refractivity contribution in [3.8, 4) is 5.75 Å². The van der Waals surface area contributed by atoms with E-state index in [-0.39, 0.29) is 24.9 Å². The van der Waals surface area contributed by atoms with Crippen LogP contribution in [-0.4, -0.2) is 23.7 Å². The average Bonchev–Trinajstić information content (AvgIpc) is 2.54. The van der Waals surface area contributed by atoms with Gasteiger partial charge in [0.1, 0.15) is 11.6 Å².